The van der Waals surface area contributed by atoms with Crippen LogP contribution in [0.2, 0.25) is 0 Å². The molecule has 3 rings (SSSR count). The number of carbonyl (C=O) groups excluding carboxylic acids is 2. The fourth-order valence-corrected chi connectivity index (χ4v) is 5.90. The fraction of sp³-hybridized carbons (Fsp3) is 0.333. The maximum atomic E-state index is 14.0. The van der Waals surface area contributed by atoms with E-state index in [-0.39, 0.29) is 17.3 Å². The van der Waals surface area contributed by atoms with Gasteiger partial charge >= 0.3 is 0 Å². The molecule has 0 saturated heterocycles. The topological polar surface area (TPSA) is 86.8 Å². The summed E-state index contributed by atoms with van der Waals surface area (Å²) in [4.78, 5) is 28.6. The Morgan fingerprint density at radius 1 is 0.895 bits per heavy atom. The van der Waals surface area contributed by atoms with Gasteiger partial charge in [-0.3, -0.25) is 13.9 Å². The Morgan fingerprint density at radius 2 is 1.53 bits per heavy atom. The van der Waals surface area contributed by atoms with Crippen LogP contribution in [-0.2, 0) is 26.0 Å². The van der Waals surface area contributed by atoms with E-state index < -0.39 is 28.5 Å². The number of carbonyl (C=O) groups is 2. The summed E-state index contributed by atoms with van der Waals surface area (Å²) in [6.07, 6.45) is 0.943. The lowest BCUT2D eigenvalue weighted by molar-refractivity contribution is -0.139. The van der Waals surface area contributed by atoms with Crippen LogP contribution in [0.25, 0.3) is 0 Å². The number of nitrogens with one attached hydrogen (secondary N) is 1. The number of likely N-dealkylation sites (N-methyl/N-ethyl adjacent to an activating group) is 1. The van der Waals surface area contributed by atoms with Gasteiger partial charge in [0, 0.05) is 13.1 Å². The first-order valence-electron chi connectivity index (χ1n) is 12.9. The highest BCUT2D eigenvalue weighted by molar-refractivity contribution is 7.92. The molecule has 0 spiro atoms. The highest BCUT2D eigenvalue weighted by Gasteiger charge is 2.33. The molecular formula is C30H37N3O4S. The summed E-state index contributed by atoms with van der Waals surface area (Å²) in [5, 5.41) is 2.82. The van der Waals surface area contributed by atoms with Gasteiger partial charge in [-0.1, -0.05) is 67.6 Å². The van der Waals surface area contributed by atoms with Crippen molar-refractivity contribution in [3.8, 4) is 0 Å². The van der Waals surface area contributed by atoms with E-state index >= 15 is 0 Å². The van der Waals surface area contributed by atoms with Crippen LogP contribution in [0.15, 0.2) is 83.8 Å². The van der Waals surface area contributed by atoms with Crippen molar-refractivity contribution in [3.05, 3.63) is 95.6 Å². The van der Waals surface area contributed by atoms with Crippen molar-refractivity contribution >= 4 is 27.5 Å². The number of sulfonamides is 1. The summed E-state index contributed by atoms with van der Waals surface area (Å²) in [7, 11) is -4.07. The number of amides is 2. The molecule has 202 valence electrons. The molecule has 0 saturated carbocycles. The minimum atomic E-state index is -4.07. The van der Waals surface area contributed by atoms with Gasteiger partial charge in [-0.2, -0.15) is 0 Å². The van der Waals surface area contributed by atoms with Crippen LogP contribution < -0.4 is 9.62 Å². The number of benzene rings is 3. The summed E-state index contributed by atoms with van der Waals surface area (Å²) < 4.78 is 28.9. The second-order valence-electron chi connectivity index (χ2n) is 9.26. The summed E-state index contributed by atoms with van der Waals surface area (Å²) >= 11 is 0. The lowest BCUT2D eigenvalue weighted by Crippen LogP contribution is -2.53. The van der Waals surface area contributed by atoms with E-state index in [2.05, 4.69) is 5.32 Å². The largest absolute Gasteiger partial charge is 0.355 e. The van der Waals surface area contributed by atoms with Crippen molar-refractivity contribution in [3.63, 3.8) is 0 Å². The van der Waals surface area contributed by atoms with E-state index in [1.54, 1.807) is 24.3 Å². The molecule has 0 aliphatic heterocycles. The predicted octanol–water partition coefficient (Wildman–Crippen LogP) is 4.48. The van der Waals surface area contributed by atoms with Crippen LogP contribution in [0.5, 0.6) is 0 Å². The average molecular weight is 536 g/mol. The number of nitrogens with zero attached hydrogens (tertiary/aromatic N) is 2. The normalized spacial score (nSPS) is 12.0. The first-order chi connectivity index (χ1) is 18.2. The van der Waals surface area contributed by atoms with E-state index in [1.807, 2.05) is 70.2 Å². The zero-order valence-electron chi connectivity index (χ0n) is 22.6. The third-order valence-corrected chi connectivity index (χ3v) is 8.24. The van der Waals surface area contributed by atoms with Crippen molar-refractivity contribution in [2.75, 3.05) is 23.9 Å². The Hall–Kier alpha value is -3.65. The highest BCUT2D eigenvalue weighted by Crippen LogP contribution is 2.28. The van der Waals surface area contributed by atoms with Gasteiger partial charge in [-0.25, -0.2) is 8.42 Å². The zero-order chi connectivity index (χ0) is 27.7. The van der Waals surface area contributed by atoms with E-state index in [0.29, 0.717) is 25.1 Å². The Bertz CT molecular complexity index is 1330. The number of hydrogen-bond donors (Lipinski definition) is 1. The SMILES string of the molecule is CCNC(=O)[C@H](CC)N(CCc1ccccc1)C(=O)CN(c1cc(C)ccc1C)S(=O)(=O)c1ccccc1. The van der Waals surface area contributed by atoms with Gasteiger partial charge in [0.05, 0.1) is 10.6 Å². The molecule has 0 aliphatic rings. The minimum Gasteiger partial charge on any atom is -0.355 e. The number of aryl methyl sites for hydroxylation is 2. The molecule has 3 aromatic rings. The van der Waals surface area contributed by atoms with Crippen LogP contribution in [0, 0.1) is 13.8 Å². The van der Waals surface area contributed by atoms with Gasteiger partial charge in [0.15, 0.2) is 0 Å². The lowest BCUT2D eigenvalue weighted by Gasteiger charge is -2.33. The van der Waals surface area contributed by atoms with Gasteiger partial charge in [-0.05, 0) is 68.5 Å². The standard InChI is InChI=1S/C30H37N3O4S/c1-5-27(30(35)31-6-2)32(20-19-25-13-9-7-10-14-25)29(34)22-33(28-21-23(3)17-18-24(28)4)38(36,37)26-15-11-8-12-16-26/h7-18,21,27H,5-6,19-20,22H2,1-4H3,(H,31,35)/t27-/m0/s1. The van der Waals surface area contributed by atoms with Crippen LogP contribution in [0.3, 0.4) is 0 Å². The highest BCUT2D eigenvalue weighted by atomic mass is 32.2. The van der Waals surface area contributed by atoms with E-state index in [0.717, 1.165) is 16.7 Å². The van der Waals surface area contributed by atoms with Crippen LogP contribution in [0.1, 0.15) is 37.0 Å². The molecule has 3 aromatic carbocycles. The number of anilines is 1. The molecule has 38 heavy (non-hydrogen) atoms. The molecule has 1 atom stereocenters. The van der Waals surface area contributed by atoms with Gasteiger partial charge in [-0.15, -0.1) is 0 Å². The first-order valence-corrected chi connectivity index (χ1v) is 14.4. The van der Waals surface area contributed by atoms with Crippen molar-refractivity contribution in [1.29, 1.82) is 0 Å². The summed E-state index contributed by atoms with van der Waals surface area (Å²) in [5.41, 5.74) is 3.08. The van der Waals surface area contributed by atoms with Crippen molar-refractivity contribution in [2.45, 2.75) is 51.5 Å². The molecule has 0 heterocycles. The van der Waals surface area contributed by atoms with E-state index in [1.165, 1.54) is 21.3 Å². The molecule has 0 aliphatic carbocycles. The number of hydrogen-bond acceptors (Lipinski definition) is 4. The third-order valence-electron chi connectivity index (χ3n) is 6.46. The lowest BCUT2D eigenvalue weighted by atomic mass is 10.1. The predicted molar refractivity (Wildman–Crippen MR) is 152 cm³/mol. The van der Waals surface area contributed by atoms with E-state index in [9.17, 15) is 18.0 Å². The summed E-state index contributed by atoms with van der Waals surface area (Å²) in [6, 6.07) is 22.6. The Kier molecular flexibility index (Phi) is 10.1. The molecule has 0 bridgehead atoms. The quantitative estimate of drug-likeness (QED) is 0.370. The van der Waals surface area contributed by atoms with Crippen LogP contribution in [-0.4, -0.2) is 50.8 Å². The molecule has 7 nitrogen and oxygen atoms in total. The summed E-state index contributed by atoms with van der Waals surface area (Å²) in [5.74, 6) is -0.680. The Balaban J connectivity index is 2.03. The monoisotopic (exact) mass is 535 g/mol. The zero-order valence-corrected chi connectivity index (χ0v) is 23.4. The second-order valence-corrected chi connectivity index (χ2v) is 11.1. The van der Waals surface area contributed by atoms with E-state index in [4.69, 9.17) is 0 Å². The Morgan fingerprint density at radius 3 is 2.13 bits per heavy atom. The maximum absolute atomic E-state index is 14.0. The van der Waals surface area contributed by atoms with Crippen LogP contribution >= 0.6 is 0 Å². The molecule has 1 N–H and O–H groups in total. The number of rotatable bonds is 12. The first kappa shape index (κ1) is 28.9. The second kappa shape index (κ2) is 13.2. The molecule has 0 aromatic heterocycles. The molecule has 0 radical (unpaired) electrons. The molecule has 2 amide bonds. The smallest absolute Gasteiger partial charge is 0.264 e. The molecular weight excluding hydrogens is 498 g/mol. The average Bonchev–Trinajstić information content (AvgIpc) is 2.92. The fourth-order valence-electron chi connectivity index (χ4n) is 4.41. The van der Waals surface area contributed by atoms with Crippen molar-refractivity contribution in [1.82, 2.24) is 10.2 Å². The Labute approximate surface area is 226 Å². The van der Waals surface area contributed by atoms with Crippen molar-refractivity contribution < 1.29 is 18.0 Å². The van der Waals surface area contributed by atoms with Gasteiger partial charge < -0.3 is 10.2 Å². The minimum absolute atomic E-state index is 0.0975. The maximum Gasteiger partial charge on any atom is 0.264 e. The molecule has 0 unspecified atom stereocenters. The van der Waals surface area contributed by atoms with Crippen molar-refractivity contribution in [2.24, 2.45) is 0 Å². The van der Waals surface area contributed by atoms with Gasteiger partial charge in [0.25, 0.3) is 10.0 Å². The van der Waals surface area contributed by atoms with Gasteiger partial charge in [0.2, 0.25) is 11.8 Å². The summed E-state index contributed by atoms with van der Waals surface area (Å²) in [6.45, 7) is 7.68. The van der Waals surface area contributed by atoms with Crippen LogP contribution in [0.4, 0.5) is 5.69 Å². The van der Waals surface area contributed by atoms with Gasteiger partial charge in [0.1, 0.15) is 12.6 Å². The molecule has 8 heteroatoms. The third kappa shape index (κ3) is 7.01. The molecule has 0 fully saturated rings.